The van der Waals surface area contributed by atoms with Gasteiger partial charge in [0, 0.05) is 29.8 Å². The van der Waals surface area contributed by atoms with Crippen LogP contribution in [0.15, 0.2) is 18.2 Å². The van der Waals surface area contributed by atoms with Crippen molar-refractivity contribution in [3.63, 3.8) is 0 Å². The molecule has 9 heteroatoms. The van der Waals surface area contributed by atoms with Crippen molar-refractivity contribution in [3.05, 3.63) is 29.6 Å². The Bertz CT molecular complexity index is 935. The Kier molecular flexibility index (Phi) is 4.45. The van der Waals surface area contributed by atoms with Crippen LogP contribution in [0.5, 0.6) is 0 Å². The first-order valence-electron chi connectivity index (χ1n) is 9.76. The Hall–Kier alpha value is -2.81. The highest BCUT2D eigenvalue weighted by atomic mass is 19.1. The molecule has 0 aromatic heterocycles. The van der Waals surface area contributed by atoms with E-state index in [1.54, 1.807) is 6.92 Å². The van der Waals surface area contributed by atoms with E-state index < -0.39 is 47.0 Å². The number of primary amides is 1. The summed E-state index contributed by atoms with van der Waals surface area (Å²) < 4.78 is 14.1. The summed E-state index contributed by atoms with van der Waals surface area (Å²) in [6, 6.07) is 2.95. The molecular formula is C20H23FN4O4. The topological polar surface area (TPSA) is 122 Å². The van der Waals surface area contributed by atoms with Gasteiger partial charge in [0.2, 0.25) is 23.6 Å². The second-order valence-corrected chi connectivity index (χ2v) is 8.02. The van der Waals surface area contributed by atoms with Crippen molar-refractivity contribution in [2.45, 2.75) is 50.7 Å². The van der Waals surface area contributed by atoms with Gasteiger partial charge in [0.25, 0.3) is 0 Å². The van der Waals surface area contributed by atoms with E-state index in [2.05, 4.69) is 10.6 Å². The molecule has 0 aliphatic carbocycles. The van der Waals surface area contributed by atoms with Crippen molar-refractivity contribution in [1.82, 2.24) is 10.2 Å². The van der Waals surface area contributed by atoms with Crippen LogP contribution in [0.4, 0.5) is 10.1 Å². The van der Waals surface area contributed by atoms with Crippen LogP contribution in [-0.4, -0.2) is 40.6 Å². The van der Waals surface area contributed by atoms with Gasteiger partial charge in [0.1, 0.15) is 11.4 Å². The fourth-order valence-corrected chi connectivity index (χ4v) is 4.96. The van der Waals surface area contributed by atoms with Crippen LogP contribution in [0.2, 0.25) is 0 Å². The van der Waals surface area contributed by atoms with Gasteiger partial charge in [-0.1, -0.05) is 6.92 Å². The molecule has 5 atom stereocenters. The van der Waals surface area contributed by atoms with Crippen molar-refractivity contribution >= 4 is 29.3 Å². The third-order valence-corrected chi connectivity index (χ3v) is 6.44. The number of imide groups is 1. The zero-order valence-corrected chi connectivity index (χ0v) is 16.2. The van der Waals surface area contributed by atoms with Crippen molar-refractivity contribution in [1.29, 1.82) is 0 Å². The van der Waals surface area contributed by atoms with Gasteiger partial charge < -0.3 is 11.1 Å². The summed E-state index contributed by atoms with van der Waals surface area (Å²) in [5, 5.41) is 5.85. The molecule has 0 bridgehead atoms. The zero-order chi connectivity index (χ0) is 21.1. The van der Waals surface area contributed by atoms with E-state index in [9.17, 15) is 23.6 Å². The summed E-state index contributed by atoms with van der Waals surface area (Å²) in [7, 11) is 0. The molecule has 4 amide bonds. The number of amides is 4. The van der Waals surface area contributed by atoms with Crippen molar-refractivity contribution in [2.24, 2.45) is 17.6 Å². The molecule has 4 rings (SSSR count). The minimum Gasteiger partial charge on any atom is -0.370 e. The second-order valence-electron chi connectivity index (χ2n) is 8.02. The molecule has 2 fully saturated rings. The van der Waals surface area contributed by atoms with Gasteiger partial charge >= 0.3 is 0 Å². The summed E-state index contributed by atoms with van der Waals surface area (Å²) in [5.41, 5.74) is 4.44. The summed E-state index contributed by atoms with van der Waals surface area (Å²) in [6.45, 7) is 3.64. The van der Waals surface area contributed by atoms with Gasteiger partial charge in [-0.2, -0.15) is 0 Å². The fraction of sp³-hybridized carbons (Fsp3) is 0.500. The van der Waals surface area contributed by atoms with Crippen LogP contribution < -0.4 is 16.4 Å². The fourth-order valence-electron chi connectivity index (χ4n) is 4.96. The maximum Gasteiger partial charge on any atom is 0.250 e. The lowest BCUT2D eigenvalue weighted by atomic mass is 9.76. The first kappa shape index (κ1) is 19.5. The normalized spacial score (nSPS) is 31.2. The highest BCUT2D eigenvalue weighted by molar-refractivity contribution is 6.15. The number of halogens is 1. The largest absolute Gasteiger partial charge is 0.370 e. The number of likely N-dealkylation sites (tertiary alicyclic amines) is 1. The highest BCUT2D eigenvalue weighted by Crippen LogP contribution is 2.53. The Morgan fingerprint density at radius 2 is 2.03 bits per heavy atom. The van der Waals surface area contributed by atoms with E-state index in [0.29, 0.717) is 17.7 Å². The molecule has 0 radical (unpaired) electrons. The molecule has 2 saturated heterocycles. The van der Waals surface area contributed by atoms with Crippen LogP contribution in [0.1, 0.15) is 38.7 Å². The molecular weight excluding hydrogens is 379 g/mol. The Balaban J connectivity index is 1.85. The molecule has 4 N–H and O–H groups in total. The van der Waals surface area contributed by atoms with Gasteiger partial charge in [-0.15, -0.1) is 0 Å². The third kappa shape index (κ3) is 2.60. The Morgan fingerprint density at radius 3 is 2.69 bits per heavy atom. The van der Waals surface area contributed by atoms with Gasteiger partial charge in [0.05, 0.1) is 11.8 Å². The summed E-state index contributed by atoms with van der Waals surface area (Å²) in [5.74, 6) is -4.24. The van der Waals surface area contributed by atoms with E-state index in [-0.39, 0.29) is 24.8 Å². The number of benzene rings is 1. The first-order chi connectivity index (χ1) is 13.7. The Morgan fingerprint density at radius 1 is 1.31 bits per heavy atom. The lowest BCUT2D eigenvalue weighted by Crippen LogP contribution is -2.54. The van der Waals surface area contributed by atoms with E-state index in [4.69, 9.17) is 5.73 Å². The summed E-state index contributed by atoms with van der Waals surface area (Å²) in [4.78, 5) is 52.3. The molecule has 1 aromatic carbocycles. The maximum absolute atomic E-state index is 14.1. The molecule has 3 aliphatic rings. The van der Waals surface area contributed by atoms with Gasteiger partial charge in [-0.05, 0) is 38.0 Å². The van der Waals surface area contributed by atoms with Gasteiger partial charge in [0.15, 0.2) is 0 Å². The molecule has 1 spiro atoms. The monoisotopic (exact) mass is 402 g/mol. The minimum atomic E-state index is -1.56. The smallest absolute Gasteiger partial charge is 0.250 e. The highest BCUT2D eigenvalue weighted by Gasteiger charge is 2.70. The van der Waals surface area contributed by atoms with Gasteiger partial charge in [-0.25, -0.2) is 4.39 Å². The molecule has 3 heterocycles. The van der Waals surface area contributed by atoms with Crippen LogP contribution in [0.25, 0.3) is 0 Å². The number of carbonyl (C=O) groups is 4. The zero-order valence-electron chi connectivity index (χ0n) is 16.2. The summed E-state index contributed by atoms with van der Waals surface area (Å²) >= 11 is 0. The predicted molar refractivity (Wildman–Crippen MR) is 101 cm³/mol. The lowest BCUT2D eigenvalue weighted by Gasteiger charge is -2.31. The number of hydrogen-bond donors (Lipinski definition) is 3. The van der Waals surface area contributed by atoms with E-state index in [1.165, 1.54) is 23.1 Å². The molecule has 3 aliphatic heterocycles. The average Bonchev–Trinajstić information content (AvgIpc) is 3.25. The van der Waals surface area contributed by atoms with Crippen molar-refractivity contribution in [3.8, 4) is 0 Å². The molecule has 0 unspecified atom stereocenters. The van der Waals surface area contributed by atoms with Crippen LogP contribution in [-0.2, 0) is 24.7 Å². The number of nitrogens with one attached hydrogen (secondary N) is 2. The number of carbonyl (C=O) groups excluding carboxylic acids is 4. The lowest BCUT2D eigenvalue weighted by molar-refractivity contribution is -0.145. The van der Waals surface area contributed by atoms with E-state index >= 15 is 0 Å². The Labute approximate surface area is 167 Å². The molecule has 8 nitrogen and oxygen atoms in total. The average molecular weight is 402 g/mol. The number of anilines is 1. The number of rotatable bonds is 5. The third-order valence-electron chi connectivity index (χ3n) is 6.44. The first-order valence-corrected chi connectivity index (χ1v) is 9.76. The second kappa shape index (κ2) is 6.62. The van der Waals surface area contributed by atoms with Crippen molar-refractivity contribution < 1.29 is 23.6 Å². The molecule has 29 heavy (non-hydrogen) atoms. The molecule has 0 saturated carbocycles. The minimum absolute atomic E-state index is 0.000600. The quantitative estimate of drug-likeness (QED) is 0.623. The van der Waals surface area contributed by atoms with Crippen molar-refractivity contribution in [2.75, 3.05) is 5.32 Å². The van der Waals surface area contributed by atoms with E-state index in [0.717, 1.165) is 0 Å². The predicted octanol–water partition coefficient (Wildman–Crippen LogP) is 0.610. The summed E-state index contributed by atoms with van der Waals surface area (Å²) in [6.07, 6.45) is 0.768. The standard InChI is InChI=1S/C20H23FN4O4/c1-3-9(2)25-17(27)15-13(6-7-14(22)26)24-20(16(15)18(25)28)11-8-10(21)4-5-12(11)23-19(20)29/h4-5,8-9,13,15-16,24H,3,6-7H2,1-2H3,(H2,22,26)(H,23,29)/t9-,13-,15-,16+,20-/m1/s1. The SMILES string of the molecule is CC[C@@H](C)N1C(=O)[C@H]2[C@@H](C1=O)[C@@]1(N[C@@H]2CCC(N)=O)C(=O)Nc2ccc(F)cc21. The maximum atomic E-state index is 14.1. The number of nitrogens with two attached hydrogens (primary N) is 1. The van der Waals surface area contributed by atoms with E-state index in [1.807, 2.05) is 6.92 Å². The number of fused-ring (bicyclic) bond motifs is 4. The van der Waals surface area contributed by atoms with Crippen LogP contribution >= 0.6 is 0 Å². The van der Waals surface area contributed by atoms with Gasteiger partial charge in [-0.3, -0.25) is 29.4 Å². The number of nitrogens with zero attached hydrogens (tertiary/aromatic N) is 1. The number of hydrogen-bond acceptors (Lipinski definition) is 5. The molecule has 1 aromatic rings. The van der Waals surface area contributed by atoms with Crippen LogP contribution in [0.3, 0.4) is 0 Å². The van der Waals surface area contributed by atoms with Crippen LogP contribution in [0, 0.1) is 17.7 Å². The molecule has 154 valence electrons.